The van der Waals surface area contributed by atoms with Gasteiger partial charge in [0.15, 0.2) is 5.82 Å². The summed E-state index contributed by atoms with van der Waals surface area (Å²) in [5.74, 6) is 0.480. The van der Waals surface area contributed by atoms with Crippen LogP contribution in [0.1, 0.15) is 5.69 Å². The fourth-order valence-corrected chi connectivity index (χ4v) is 2.24. The number of fused-ring (bicyclic) bond motifs is 1. The summed E-state index contributed by atoms with van der Waals surface area (Å²) in [7, 11) is 0. The summed E-state index contributed by atoms with van der Waals surface area (Å²) in [6.07, 6.45) is 1.86. The molecule has 0 saturated carbocycles. The second-order valence-electron chi connectivity index (χ2n) is 4.11. The molecule has 90 valence electrons. The molecule has 0 amide bonds. The van der Waals surface area contributed by atoms with Crippen LogP contribution in [0.15, 0.2) is 41.0 Å². The highest BCUT2D eigenvalue weighted by atomic mass is 79.9. The predicted molar refractivity (Wildman–Crippen MR) is 75.7 cm³/mol. The quantitative estimate of drug-likeness (QED) is 0.751. The number of anilines is 1. The maximum absolute atomic E-state index is 5.77. The molecule has 0 spiro atoms. The third-order valence-electron chi connectivity index (χ3n) is 2.77. The lowest BCUT2D eigenvalue weighted by Crippen LogP contribution is -1.99. The molecule has 0 aliphatic rings. The van der Waals surface area contributed by atoms with Gasteiger partial charge < -0.3 is 5.73 Å². The summed E-state index contributed by atoms with van der Waals surface area (Å²) < 4.78 is 2.57. The first-order chi connectivity index (χ1) is 8.65. The van der Waals surface area contributed by atoms with E-state index in [4.69, 9.17) is 5.73 Å². The zero-order valence-electron chi connectivity index (χ0n) is 9.76. The van der Waals surface area contributed by atoms with E-state index in [2.05, 4.69) is 26.0 Å². The van der Waals surface area contributed by atoms with Crippen LogP contribution in [0.25, 0.3) is 16.6 Å². The van der Waals surface area contributed by atoms with Crippen molar-refractivity contribution < 1.29 is 0 Å². The van der Waals surface area contributed by atoms with Crippen molar-refractivity contribution in [3.63, 3.8) is 0 Å². The Hall–Kier alpha value is -1.88. The number of nitrogens with two attached hydrogens (primary N) is 1. The van der Waals surface area contributed by atoms with Crippen molar-refractivity contribution in [3.05, 3.63) is 46.7 Å². The van der Waals surface area contributed by atoms with Crippen LogP contribution in [0.5, 0.6) is 0 Å². The number of pyridine rings is 1. The molecule has 0 aliphatic carbocycles. The number of hydrogen-bond acceptors (Lipinski definition) is 3. The average molecular weight is 303 g/mol. The molecule has 3 rings (SSSR count). The monoisotopic (exact) mass is 302 g/mol. The first-order valence-corrected chi connectivity index (χ1v) is 6.32. The van der Waals surface area contributed by atoms with Crippen LogP contribution < -0.4 is 5.73 Å². The Morgan fingerprint density at radius 3 is 2.78 bits per heavy atom. The predicted octanol–water partition coefficient (Wildman–Crippen LogP) is 3.07. The molecule has 0 fully saturated rings. The number of para-hydroxylation sites is 1. The number of aryl methyl sites for hydroxylation is 1. The molecule has 3 aromatic rings. The molecule has 4 nitrogen and oxygen atoms in total. The van der Waals surface area contributed by atoms with Gasteiger partial charge in [0.2, 0.25) is 0 Å². The molecular formula is C13H11BrN4. The van der Waals surface area contributed by atoms with E-state index in [0.717, 1.165) is 26.8 Å². The fourth-order valence-electron chi connectivity index (χ4n) is 1.96. The fraction of sp³-hybridized carbons (Fsp3) is 0.0769. The van der Waals surface area contributed by atoms with Gasteiger partial charge in [-0.15, -0.1) is 5.10 Å². The number of nitrogen functional groups attached to an aromatic ring is 1. The molecule has 1 aromatic carbocycles. The molecule has 0 bridgehead atoms. The summed E-state index contributed by atoms with van der Waals surface area (Å²) in [6, 6.07) is 9.99. The number of halogens is 1. The van der Waals surface area contributed by atoms with Gasteiger partial charge in [-0.05, 0) is 35.0 Å². The van der Waals surface area contributed by atoms with Crippen LogP contribution >= 0.6 is 15.9 Å². The van der Waals surface area contributed by atoms with Crippen molar-refractivity contribution in [1.29, 1.82) is 0 Å². The minimum atomic E-state index is 0.480. The van der Waals surface area contributed by atoms with Gasteiger partial charge in [0.05, 0.1) is 15.7 Å². The topological polar surface area (TPSA) is 56.7 Å². The molecule has 0 atom stereocenters. The summed E-state index contributed by atoms with van der Waals surface area (Å²) in [6.45, 7) is 1.97. The molecule has 2 heterocycles. The molecule has 2 aromatic heterocycles. The molecule has 0 radical (unpaired) electrons. The van der Waals surface area contributed by atoms with Crippen LogP contribution in [0.3, 0.4) is 0 Å². The van der Waals surface area contributed by atoms with Crippen molar-refractivity contribution in [2.24, 2.45) is 0 Å². The lowest BCUT2D eigenvalue weighted by atomic mass is 10.1. The minimum Gasteiger partial charge on any atom is -0.381 e. The third kappa shape index (κ3) is 1.76. The second-order valence-corrected chi connectivity index (χ2v) is 4.96. The van der Waals surface area contributed by atoms with Gasteiger partial charge in [-0.3, -0.25) is 4.98 Å². The number of rotatable bonds is 1. The van der Waals surface area contributed by atoms with E-state index in [9.17, 15) is 0 Å². The third-order valence-corrected chi connectivity index (χ3v) is 3.38. The summed E-state index contributed by atoms with van der Waals surface area (Å²) >= 11 is 3.37. The van der Waals surface area contributed by atoms with Crippen molar-refractivity contribution >= 4 is 32.7 Å². The van der Waals surface area contributed by atoms with E-state index < -0.39 is 0 Å². The van der Waals surface area contributed by atoms with Crippen molar-refractivity contribution in [2.75, 3.05) is 5.73 Å². The first-order valence-electron chi connectivity index (χ1n) is 5.52. The van der Waals surface area contributed by atoms with Gasteiger partial charge in [0.25, 0.3) is 0 Å². The van der Waals surface area contributed by atoms with Crippen molar-refractivity contribution in [2.45, 2.75) is 6.92 Å². The number of hydrogen-bond donors (Lipinski definition) is 1. The molecule has 2 N–H and O–H groups in total. The van der Waals surface area contributed by atoms with Gasteiger partial charge in [-0.25, -0.2) is 4.68 Å². The van der Waals surface area contributed by atoms with E-state index in [1.54, 1.807) is 4.68 Å². The molecule has 5 heteroatoms. The summed E-state index contributed by atoms with van der Waals surface area (Å²) in [5.41, 5.74) is 8.66. The SMILES string of the molecule is Cc1cc(-n2cc(Br)c(N)n2)c2ccccc2n1. The van der Waals surface area contributed by atoms with E-state index >= 15 is 0 Å². The highest BCUT2D eigenvalue weighted by Gasteiger charge is 2.09. The van der Waals surface area contributed by atoms with Gasteiger partial charge in [0.1, 0.15) is 0 Å². The van der Waals surface area contributed by atoms with E-state index in [-0.39, 0.29) is 0 Å². The van der Waals surface area contributed by atoms with Gasteiger partial charge in [0, 0.05) is 17.3 Å². The Bertz CT molecular complexity index is 713. The Morgan fingerprint density at radius 1 is 1.28 bits per heavy atom. The van der Waals surface area contributed by atoms with Gasteiger partial charge in [-0.1, -0.05) is 18.2 Å². The molecule has 0 saturated heterocycles. The number of nitrogens with zero attached hydrogens (tertiary/aromatic N) is 3. The zero-order chi connectivity index (χ0) is 12.7. The van der Waals surface area contributed by atoms with Crippen molar-refractivity contribution in [1.82, 2.24) is 14.8 Å². The lowest BCUT2D eigenvalue weighted by Gasteiger charge is -2.07. The van der Waals surface area contributed by atoms with Crippen LogP contribution in [-0.2, 0) is 0 Å². The zero-order valence-corrected chi connectivity index (χ0v) is 11.3. The Balaban J connectivity index is 2.34. The standard InChI is InChI=1S/C13H11BrN4/c1-8-6-12(18-7-10(14)13(15)17-18)9-4-2-3-5-11(9)16-8/h2-7H,1H3,(H2,15,17). The summed E-state index contributed by atoms with van der Waals surface area (Å²) in [4.78, 5) is 4.51. The van der Waals surface area contributed by atoms with Gasteiger partial charge >= 0.3 is 0 Å². The highest BCUT2D eigenvalue weighted by molar-refractivity contribution is 9.10. The largest absolute Gasteiger partial charge is 0.381 e. The van der Waals surface area contributed by atoms with E-state index in [1.165, 1.54) is 0 Å². The Kier molecular flexibility index (Phi) is 2.56. The average Bonchev–Trinajstić information content (AvgIpc) is 2.68. The number of aromatic nitrogens is 3. The molecule has 0 aliphatic heterocycles. The number of benzene rings is 1. The highest BCUT2D eigenvalue weighted by Crippen LogP contribution is 2.25. The van der Waals surface area contributed by atoms with Crippen LogP contribution in [-0.4, -0.2) is 14.8 Å². The van der Waals surface area contributed by atoms with Gasteiger partial charge in [-0.2, -0.15) is 0 Å². The lowest BCUT2D eigenvalue weighted by molar-refractivity contribution is 0.889. The minimum absolute atomic E-state index is 0.480. The normalized spacial score (nSPS) is 11.0. The Labute approximate surface area is 113 Å². The Morgan fingerprint density at radius 2 is 2.06 bits per heavy atom. The second kappa shape index (κ2) is 4.10. The van der Waals surface area contributed by atoms with Crippen LogP contribution in [0, 0.1) is 6.92 Å². The smallest absolute Gasteiger partial charge is 0.160 e. The maximum Gasteiger partial charge on any atom is 0.160 e. The van der Waals surface area contributed by atoms with E-state index in [0.29, 0.717) is 5.82 Å². The van der Waals surface area contributed by atoms with Crippen molar-refractivity contribution in [3.8, 4) is 5.69 Å². The maximum atomic E-state index is 5.77. The van der Waals surface area contributed by atoms with E-state index in [1.807, 2.05) is 43.5 Å². The van der Waals surface area contributed by atoms with Crippen LogP contribution in [0.4, 0.5) is 5.82 Å². The molecule has 0 unspecified atom stereocenters. The molecular weight excluding hydrogens is 292 g/mol. The first kappa shape index (κ1) is 11.2. The van der Waals surface area contributed by atoms with Crippen LogP contribution in [0.2, 0.25) is 0 Å². The summed E-state index contributed by atoms with van der Waals surface area (Å²) in [5, 5.41) is 5.35. The molecule has 18 heavy (non-hydrogen) atoms.